The molecule has 0 saturated heterocycles. The van der Waals surface area contributed by atoms with Crippen molar-refractivity contribution in [3.63, 3.8) is 0 Å². The van der Waals surface area contributed by atoms with Crippen molar-refractivity contribution in [2.75, 3.05) is 5.32 Å². The van der Waals surface area contributed by atoms with Crippen LogP contribution < -0.4 is 15.8 Å². The first-order chi connectivity index (χ1) is 9.85. The largest absolute Gasteiger partial charge is 0.573 e. The number of nitrogens with two attached hydrogens (primary N) is 1. The zero-order valence-corrected chi connectivity index (χ0v) is 10.7. The average molecular weight is 295 g/mol. The van der Waals surface area contributed by atoms with Crippen LogP contribution in [-0.2, 0) is 0 Å². The Labute approximate surface area is 118 Å². The van der Waals surface area contributed by atoms with E-state index < -0.39 is 6.36 Å². The Balaban J connectivity index is 2.16. The summed E-state index contributed by atoms with van der Waals surface area (Å²) >= 11 is 0. The number of rotatable bonds is 4. The Morgan fingerprint density at radius 2 is 1.67 bits per heavy atom. The van der Waals surface area contributed by atoms with Gasteiger partial charge in [-0.25, -0.2) is 0 Å². The normalized spacial score (nSPS) is 11.0. The van der Waals surface area contributed by atoms with Gasteiger partial charge >= 0.3 is 6.36 Å². The van der Waals surface area contributed by atoms with E-state index in [0.717, 1.165) is 0 Å². The number of para-hydroxylation sites is 1. The van der Waals surface area contributed by atoms with Gasteiger partial charge in [0, 0.05) is 16.9 Å². The van der Waals surface area contributed by atoms with E-state index in [-0.39, 0.29) is 11.6 Å². The Morgan fingerprint density at radius 1 is 1.05 bits per heavy atom. The van der Waals surface area contributed by atoms with Crippen LogP contribution in [0.2, 0.25) is 0 Å². The Kier molecular flexibility index (Phi) is 4.02. The van der Waals surface area contributed by atoms with Gasteiger partial charge in [-0.05, 0) is 36.4 Å². The smallest absolute Gasteiger partial charge is 0.406 e. The van der Waals surface area contributed by atoms with Crippen molar-refractivity contribution < 1.29 is 17.9 Å². The standard InChI is InChI=1S/C14H12F3N3O/c15-14(16,17)21-10-7-5-9(6-8-10)20-12-4-2-1-3-11(12)13(18)19/h1-8,20H,(H3,18,19). The van der Waals surface area contributed by atoms with Crippen LogP contribution in [0.1, 0.15) is 5.56 Å². The lowest BCUT2D eigenvalue weighted by Crippen LogP contribution is -2.17. The van der Waals surface area contributed by atoms with Crippen molar-refractivity contribution in [1.29, 1.82) is 5.41 Å². The molecule has 0 fully saturated rings. The molecule has 0 radical (unpaired) electrons. The molecule has 2 aromatic rings. The minimum absolute atomic E-state index is 0.102. The lowest BCUT2D eigenvalue weighted by molar-refractivity contribution is -0.274. The van der Waals surface area contributed by atoms with Gasteiger partial charge in [-0.15, -0.1) is 13.2 Å². The number of nitrogens with one attached hydrogen (secondary N) is 2. The van der Waals surface area contributed by atoms with Crippen molar-refractivity contribution in [2.45, 2.75) is 6.36 Å². The van der Waals surface area contributed by atoms with Gasteiger partial charge in [-0.1, -0.05) is 12.1 Å². The van der Waals surface area contributed by atoms with Gasteiger partial charge in [0.25, 0.3) is 0 Å². The average Bonchev–Trinajstić information content (AvgIpc) is 2.40. The van der Waals surface area contributed by atoms with Crippen molar-refractivity contribution in [2.24, 2.45) is 5.73 Å². The maximum Gasteiger partial charge on any atom is 0.573 e. The first-order valence-corrected chi connectivity index (χ1v) is 5.91. The summed E-state index contributed by atoms with van der Waals surface area (Å²) in [5.74, 6) is -0.400. The molecule has 0 bridgehead atoms. The number of ether oxygens (including phenoxy) is 1. The molecule has 0 aliphatic heterocycles. The van der Waals surface area contributed by atoms with Gasteiger partial charge in [0.15, 0.2) is 0 Å². The molecule has 0 atom stereocenters. The molecule has 0 saturated carbocycles. The Bertz CT molecular complexity index is 639. The molecule has 0 aromatic heterocycles. The third kappa shape index (κ3) is 4.13. The lowest BCUT2D eigenvalue weighted by Gasteiger charge is -2.12. The van der Waals surface area contributed by atoms with E-state index in [9.17, 15) is 13.2 Å². The predicted molar refractivity (Wildman–Crippen MR) is 73.9 cm³/mol. The topological polar surface area (TPSA) is 71.1 Å². The van der Waals surface area contributed by atoms with Crippen molar-refractivity contribution >= 4 is 17.2 Å². The maximum absolute atomic E-state index is 12.1. The second-order valence-electron chi connectivity index (χ2n) is 4.16. The van der Waals surface area contributed by atoms with Crippen molar-refractivity contribution in [3.8, 4) is 5.75 Å². The number of halogens is 3. The molecule has 0 aliphatic rings. The molecule has 0 amide bonds. The minimum Gasteiger partial charge on any atom is -0.406 e. The predicted octanol–water partition coefficient (Wildman–Crippen LogP) is 3.61. The first kappa shape index (κ1) is 14.7. The van der Waals surface area contributed by atoms with Gasteiger partial charge in [0.1, 0.15) is 11.6 Å². The van der Waals surface area contributed by atoms with E-state index in [4.69, 9.17) is 11.1 Å². The van der Waals surface area contributed by atoms with Gasteiger partial charge in [-0.2, -0.15) is 0 Å². The summed E-state index contributed by atoms with van der Waals surface area (Å²) in [5, 5.41) is 10.5. The molecule has 0 spiro atoms. The van der Waals surface area contributed by atoms with Crippen molar-refractivity contribution in [1.82, 2.24) is 0 Å². The van der Waals surface area contributed by atoms with Crippen LogP contribution in [0.4, 0.5) is 24.5 Å². The third-order valence-electron chi connectivity index (χ3n) is 2.58. The second kappa shape index (κ2) is 5.74. The molecule has 0 aliphatic carbocycles. The summed E-state index contributed by atoms with van der Waals surface area (Å²) in [6.07, 6.45) is -4.71. The molecular weight excluding hydrogens is 283 g/mol. The molecule has 2 aromatic carbocycles. The fraction of sp³-hybridized carbons (Fsp3) is 0.0714. The van der Waals surface area contributed by atoms with E-state index >= 15 is 0 Å². The summed E-state index contributed by atoms with van der Waals surface area (Å²) in [5.41, 5.74) is 7.11. The fourth-order valence-electron chi connectivity index (χ4n) is 1.72. The van der Waals surface area contributed by atoms with Gasteiger partial charge in [0.05, 0.1) is 0 Å². The van der Waals surface area contributed by atoms with Crippen LogP contribution in [0, 0.1) is 5.41 Å². The summed E-state index contributed by atoms with van der Waals surface area (Å²) in [4.78, 5) is 0. The van der Waals surface area contributed by atoms with E-state index in [2.05, 4.69) is 10.1 Å². The Morgan fingerprint density at radius 3 is 2.24 bits per heavy atom. The number of nitrogen functional groups attached to an aromatic ring is 1. The van der Waals surface area contributed by atoms with Gasteiger partial charge in [-0.3, -0.25) is 5.41 Å². The summed E-state index contributed by atoms with van der Waals surface area (Å²) in [6, 6.07) is 12.2. The number of hydrogen-bond donors (Lipinski definition) is 3. The highest BCUT2D eigenvalue weighted by atomic mass is 19.4. The molecule has 0 heterocycles. The molecular formula is C14H12F3N3O. The molecule has 2 rings (SSSR count). The molecule has 7 heteroatoms. The SMILES string of the molecule is N=C(N)c1ccccc1Nc1ccc(OC(F)(F)F)cc1. The van der Waals surface area contributed by atoms with E-state index in [1.54, 1.807) is 24.3 Å². The highest BCUT2D eigenvalue weighted by molar-refractivity contribution is 6.00. The maximum atomic E-state index is 12.1. The van der Waals surface area contributed by atoms with E-state index in [0.29, 0.717) is 16.9 Å². The zero-order chi connectivity index (χ0) is 15.5. The summed E-state index contributed by atoms with van der Waals surface area (Å²) in [6.45, 7) is 0. The highest BCUT2D eigenvalue weighted by Gasteiger charge is 2.30. The molecule has 21 heavy (non-hydrogen) atoms. The van der Waals surface area contributed by atoms with Crippen LogP contribution in [0.25, 0.3) is 0 Å². The zero-order valence-electron chi connectivity index (χ0n) is 10.7. The van der Waals surface area contributed by atoms with E-state index in [1.807, 2.05) is 0 Å². The second-order valence-corrected chi connectivity index (χ2v) is 4.16. The highest BCUT2D eigenvalue weighted by Crippen LogP contribution is 2.26. The molecule has 4 nitrogen and oxygen atoms in total. The summed E-state index contributed by atoms with van der Waals surface area (Å²) in [7, 11) is 0. The monoisotopic (exact) mass is 295 g/mol. The van der Waals surface area contributed by atoms with Crippen LogP contribution in [0.15, 0.2) is 48.5 Å². The van der Waals surface area contributed by atoms with Gasteiger partial charge < -0.3 is 15.8 Å². The molecule has 4 N–H and O–H groups in total. The van der Waals surface area contributed by atoms with E-state index in [1.165, 1.54) is 24.3 Å². The van der Waals surface area contributed by atoms with Crippen LogP contribution >= 0.6 is 0 Å². The third-order valence-corrected chi connectivity index (χ3v) is 2.58. The summed E-state index contributed by atoms with van der Waals surface area (Å²) < 4.78 is 40.0. The molecule has 110 valence electrons. The number of anilines is 2. The number of benzene rings is 2. The first-order valence-electron chi connectivity index (χ1n) is 5.91. The quantitative estimate of drug-likeness (QED) is 0.596. The minimum atomic E-state index is -4.71. The van der Waals surface area contributed by atoms with Crippen LogP contribution in [0.3, 0.4) is 0 Å². The molecule has 0 unspecified atom stereocenters. The number of hydrogen-bond acceptors (Lipinski definition) is 3. The van der Waals surface area contributed by atoms with Crippen molar-refractivity contribution in [3.05, 3.63) is 54.1 Å². The fourth-order valence-corrected chi connectivity index (χ4v) is 1.72. The lowest BCUT2D eigenvalue weighted by atomic mass is 10.1. The number of alkyl halides is 3. The van der Waals surface area contributed by atoms with Crippen LogP contribution in [0.5, 0.6) is 5.75 Å². The van der Waals surface area contributed by atoms with Gasteiger partial charge in [0.2, 0.25) is 0 Å². The Hall–Kier alpha value is -2.70. The van der Waals surface area contributed by atoms with Crippen LogP contribution in [-0.4, -0.2) is 12.2 Å². The number of amidine groups is 1.